The van der Waals surface area contributed by atoms with Crippen LogP contribution in [-0.4, -0.2) is 5.11 Å². The second kappa shape index (κ2) is 3.76. The quantitative estimate of drug-likeness (QED) is 0.777. The van der Waals surface area contributed by atoms with E-state index in [1.165, 1.54) is 0 Å². The van der Waals surface area contributed by atoms with E-state index in [4.69, 9.17) is 0 Å². The molecule has 0 aliphatic heterocycles. The molecule has 2 heteroatoms. The van der Waals surface area contributed by atoms with Gasteiger partial charge in [0.15, 0.2) is 0 Å². The molecule has 1 nitrogen and oxygen atoms in total. The van der Waals surface area contributed by atoms with Crippen molar-refractivity contribution in [1.29, 1.82) is 0 Å². The van der Waals surface area contributed by atoms with Crippen molar-refractivity contribution in [2.24, 2.45) is 0 Å². The first-order chi connectivity index (χ1) is 5.65. The summed E-state index contributed by atoms with van der Waals surface area (Å²) in [6, 6.07) is 5.42. The number of phenols is 1. The molecule has 0 unspecified atom stereocenters. The standard InChI is InChI=1S/C10H11BrO/c1-3-7(2)9-6-8(11)4-5-10(9)12/h3-6,12H,1-2H3/b7-3+. The molecule has 0 aliphatic rings. The molecule has 0 saturated carbocycles. The average molecular weight is 227 g/mol. The molecule has 0 aliphatic carbocycles. The summed E-state index contributed by atoms with van der Waals surface area (Å²) in [5.41, 5.74) is 1.96. The Labute approximate surface area is 80.9 Å². The van der Waals surface area contributed by atoms with Gasteiger partial charge in [-0.25, -0.2) is 0 Å². The van der Waals surface area contributed by atoms with Gasteiger partial charge in [0, 0.05) is 10.0 Å². The van der Waals surface area contributed by atoms with Crippen molar-refractivity contribution < 1.29 is 5.11 Å². The van der Waals surface area contributed by atoms with Crippen LogP contribution in [0.1, 0.15) is 19.4 Å². The largest absolute Gasteiger partial charge is 0.507 e. The highest BCUT2D eigenvalue weighted by Gasteiger charge is 2.01. The summed E-state index contributed by atoms with van der Waals surface area (Å²) in [5, 5.41) is 9.47. The number of rotatable bonds is 1. The highest BCUT2D eigenvalue weighted by Crippen LogP contribution is 2.27. The van der Waals surface area contributed by atoms with Crippen LogP contribution in [0.5, 0.6) is 5.75 Å². The Balaban J connectivity index is 3.23. The summed E-state index contributed by atoms with van der Waals surface area (Å²) in [7, 11) is 0. The number of phenolic OH excluding ortho intramolecular Hbond substituents is 1. The lowest BCUT2D eigenvalue weighted by Crippen LogP contribution is -1.80. The zero-order valence-corrected chi connectivity index (χ0v) is 8.72. The van der Waals surface area contributed by atoms with Crippen molar-refractivity contribution in [2.45, 2.75) is 13.8 Å². The predicted molar refractivity (Wildman–Crippen MR) is 55.1 cm³/mol. The molecule has 0 bridgehead atoms. The van der Waals surface area contributed by atoms with E-state index in [1.807, 2.05) is 32.1 Å². The molecule has 0 amide bonds. The summed E-state index contributed by atoms with van der Waals surface area (Å²) < 4.78 is 0.983. The van der Waals surface area contributed by atoms with Crippen molar-refractivity contribution in [1.82, 2.24) is 0 Å². The second-order valence-corrected chi connectivity index (χ2v) is 3.55. The highest BCUT2D eigenvalue weighted by atomic mass is 79.9. The SMILES string of the molecule is C/C=C(\C)c1cc(Br)ccc1O. The summed E-state index contributed by atoms with van der Waals surface area (Å²) in [5.74, 6) is 0.328. The fourth-order valence-electron chi connectivity index (χ4n) is 0.980. The number of aromatic hydroxyl groups is 1. The highest BCUT2D eigenvalue weighted by molar-refractivity contribution is 9.10. The fourth-order valence-corrected chi connectivity index (χ4v) is 1.34. The first kappa shape index (κ1) is 9.33. The van der Waals surface area contributed by atoms with E-state index in [-0.39, 0.29) is 0 Å². The van der Waals surface area contributed by atoms with Gasteiger partial charge in [-0.3, -0.25) is 0 Å². The van der Waals surface area contributed by atoms with E-state index in [1.54, 1.807) is 6.07 Å². The minimum atomic E-state index is 0.328. The van der Waals surface area contributed by atoms with Crippen molar-refractivity contribution >= 4 is 21.5 Å². The molecular weight excluding hydrogens is 216 g/mol. The van der Waals surface area contributed by atoms with Crippen LogP contribution < -0.4 is 0 Å². The van der Waals surface area contributed by atoms with E-state index in [2.05, 4.69) is 15.9 Å². The third-order valence-electron chi connectivity index (χ3n) is 1.82. The number of allylic oxidation sites excluding steroid dienone is 2. The van der Waals surface area contributed by atoms with Gasteiger partial charge in [-0.15, -0.1) is 0 Å². The van der Waals surface area contributed by atoms with E-state index in [9.17, 15) is 5.11 Å². The van der Waals surface area contributed by atoms with Crippen LogP contribution in [-0.2, 0) is 0 Å². The van der Waals surface area contributed by atoms with Gasteiger partial charge in [0.1, 0.15) is 5.75 Å². The minimum Gasteiger partial charge on any atom is -0.507 e. The minimum absolute atomic E-state index is 0.328. The summed E-state index contributed by atoms with van der Waals surface area (Å²) in [6.07, 6.45) is 1.97. The number of benzene rings is 1. The Morgan fingerprint density at radius 1 is 1.50 bits per heavy atom. The molecule has 0 atom stereocenters. The van der Waals surface area contributed by atoms with Crippen LogP contribution in [0.25, 0.3) is 5.57 Å². The van der Waals surface area contributed by atoms with Gasteiger partial charge in [-0.05, 0) is 37.6 Å². The maximum Gasteiger partial charge on any atom is 0.123 e. The third-order valence-corrected chi connectivity index (χ3v) is 2.31. The van der Waals surface area contributed by atoms with Crippen LogP contribution in [0.2, 0.25) is 0 Å². The van der Waals surface area contributed by atoms with Crippen LogP contribution >= 0.6 is 15.9 Å². The molecule has 0 aromatic heterocycles. The zero-order chi connectivity index (χ0) is 9.14. The first-order valence-corrected chi connectivity index (χ1v) is 4.56. The average Bonchev–Trinajstić information content (AvgIpc) is 2.08. The van der Waals surface area contributed by atoms with Crippen LogP contribution in [0.3, 0.4) is 0 Å². The van der Waals surface area contributed by atoms with Gasteiger partial charge in [0.25, 0.3) is 0 Å². The number of halogens is 1. The van der Waals surface area contributed by atoms with Gasteiger partial charge in [-0.1, -0.05) is 22.0 Å². The summed E-state index contributed by atoms with van der Waals surface area (Å²) in [6.45, 7) is 3.93. The number of hydrogen-bond acceptors (Lipinski definition) is 1. The smallest absolute Gasteiger partial charge is 0.123 e. The van der Waals surface area contributed by atoms with Crippen molar-refractivity contribution in [3.8, 4) is 5.75 Å². The predicted octanol–water partition coefficient (Wildman–Crippen LogP) is 3.58. The van der Waals surface area contributed by atoms with Crippen LogP contribution in [0.15, 0.2) is 28.7 Å². The Kier molecular flexibility index (Phi) is 2.93. The molecule has 1 N–H and O–H groups in total. The fraction of sp³-hybridized carbons (Fsp3) is 0.200. The monoisotopic (exact) mass is 226 g/mol. The summed E-state index contributed by atoms with van der Waals surface area (Å²) in [4.78, 5) is 0. The Morgan fingerprint density at radius 2 is 2.17 bits per heavy atom. The van der Waals surface area contributed by atoms with Gasteiger partial charge >= 0.3 is 0 Å². The molecule has 64 valence electrons. The van der Waals surface area contributed by atoms with Crippen LogP contribution in [0.4, 0.5) is 0 Å². The van der Waals surface area contributed by atoms with Gasteiger partial charge in [-0.2, -0.15) is 0 Å². The Morgan fingerprint density at radius 3 is 2.75 bits per heavy atom. The number of hydrogen-bond donors (Lipinski definition) is 1. The molecule has 0 spiro atoms. The third kappa shape index (κ3) is 1.89. The lowest BCUT2D eigenvalue weighted by Gasteiger charge is -2.04. The second-order valence-electron chi connectivity index (χ2n) is 2.63. The summed E-state index contributed by atoms with van der Waals surface area (Å²) >= 11 is 3.36. The van der Waals surface area contributed by atoms with E-state index in [0.29, 0.717) is 5.75 Å². The van der Waals surface area contributed by atoms with E-state index in [0.717, 1.165) is 15.6 Å². The maximum atomic E-state index is 9.47. The van der Waals surface area contributed by atoms with Gasteiger partial charge in [0.05, 0.1) is 0 Å². The topological polar surface area (TPSA) is 20.2 Å². The molecule has 12 heavy (non-hydrogen) atoms. The van der Waals surface area contributed by atoms with E-state index >= 15 is 0 Å². The first-order valence-electron chi connectivity index (χ1n) is 3.77. The van der Waals surface area contributed by atoms with Crippen molar-refractivity contribution in [2.75, 3.05) is 0 Å². The van der Waals surface area contributed by atoms with Gasteiger partial charge in [0.2, 0.25) is 0 Å². The Hall–Kier alpha value is -0.760. The molecule has 1 aromatic carbocycles. The molecule has 0 radical (unpaired) electrons. The Bertz CT molecular complexity index is 316. The molecule has 1 aromatic rings. The molecule has 0 saturated heterocycles. The molecule has 0 fully saturated rings. The molecule has 0 heterocycles. The van der Waals surface area contributed by atoms with E-state index < -0.39 is 0 Å². The van der Waals surface area contributed by atoms with Crippen molar-refractivity contribution in [3.63, 3.8) is 0 Å². The molecular formula is C10H11BrO. The maximum absolute atomic E-state index is 9.47. The van der Waals surface area contributed by atoms with Crippen molar-refractivity contribution in [3.05, 3.63) is 34.3 Å². The zero-order valence-electron chi connectivity index (χ0n) is 7.13. The lowest BCUT2D eigenvalue weighted by molar-refractivity contribution is 0.473. The normalized spacial score (nSPS) is 11.8. The van der Waals surface area contributed by atoms with Crippen LogP contribution in [0, 0.1) is 0 Å². The molecule has 1 rings (SSSR count). The lowest BCUT2D eigenvalue weighted by atomic mass is 10.1. The van der Waals surface area contributed by atoms with Gasteiger partial charge < -0.3 is 5.11 Å².